The molecule has 1 amide bonds. The van der Waals surface area contributed by atoms with E-state index < -0.39 is 0 Å². The summed E-state index contributed by atoms with van der Waals surface area (Å²) >= 11 is 0. The lowest BCUT2D eigenvalue weighted by atomic mass is 9.87. The molecule has 2 unspecified atom stereocenters. The normalized spacial score (nSPS) is 24.7. The maximum absolute atomic E-state index is 12.4. The molecule has 21 heavy (non-hydrogen) atoms. The molecule has 0 spiro atoms. The van der Waals surface area contributed by atoms with Gasteiger partial charge in [-0.2, -0.15) is 0 Å². The molecule has 114 valence electrons. The zero-order valence-corrected chi connectivity index (χ0v) is 12.2. The molecule has 1 N–H and O–H groups in total. The number of carbonyl (C=O) groups is 1. The van der Waals surface area contributed by atoms with Crippen molar-refractivity contribution in [2.24, 2.45) is 11.8 Å². The summed E-state index contributed by atoms with van der Waals surface area (Å²) in [5.41, 5.74) is 1.08. The average molecular weight is 290 g/mol. The minimum atomic E-state index is -0.0102. The van der Waals surface area contributed by atoms with Crippen LogP contribution in [0.2, 0.25) is 0 Å². The lowest BCUT2D eigenvalue weighted by Gasteiger charge is -2.31. The highest BCUT2D eigenvalue weighted by molar-refractivity contribution is 5.79. The molecule has 1 aromatic rings. The molecule has 0 radical (unpaired) electrons. The molecule has 2 aliphatic rings. The van der Waals surface area contributed by atoms with E-state index in [2.05, 4.69) is 10.3 Å². The molecule has 1 aromatic heterocycles. The van der Waals surface area contributed by atoms with E-state index in [9.17, 15) is 4.79 Å². The fourth-order valence-electron chi connectivity index (χ4n) is 3.09. The number of hydrogen-bond donors (Lipinski definition) is 1. The van der Waals surface area contributed by atoms with Crippen molar-refractivity contribution in [3.63, 3.8) is 0 Å². The van der Waals surface area contributed by atoms with Gasteiger partial charge < -0.3 is 14.8 Å². The number of ether oxygens (including phenoxy) is 2. The molecule has 2 saturated heterocycles. The summed E-state index contributed by atoms with van der Waals surface area (Å²) in [5.74, 6) is 0.506. The van der Waals surface area contributed by atoms with E-state index in [1.54, 1.807) is 6.20 Å². The van der Waals surface area contributed by atoms with Crippen LogP contribution >= 0.6 is 0 Å². The lowest BCUT2D eigenvalue weighted by molar-refractivity contribution is -0.126. The minimum Gasteiger partial charge on any atom is -0.381 e. The van der Waals surface area contributed by atoms with Crippen LogP contribution in [0.15, 0.2) is 24.5 Å². The molecule has 2 atom stereocenters. The van der Waals surface area contributed by atoms with Gasteiger partial charge in [-0.1, -0.05) is 6.07 Å². The Morgan fingerprint density at radius 2 is 2.05 bits per heavy atom. The second kappa shape index (κ2) is 7.00. The molecule has 2 fully saturated rings. The predicted molar refractivity (Wildman–Crippen MR) is 77.6 cm³/mol. The van der Waals surface area contributed by atoms with Crippen LogP contribution in [0.1, 0.15) is 30.9 Å². The zero-order chi connectivity index (χ0) is 14.5. The number of aromatic nitrogens is 1. The summed E-state index contributed by atoms with van der Waals surface area (Å²) in [6.45, 7) is 2.76. The van der Waals surface area contributed by atoms with E-state index in [-0.39, 0.29) is 17.9 Å². The van der Waals surface area contributed by atoms with Crippen molar-refractivity contribution in [3.05, 3.63) is 30.1 Å². The first kappa shape index (κ1) is 14.5. The largest absolute Gasteiger partial charge is 0.381 e. The number of rotatable bonds is 4. The van der Waals surface area contributed by atoms with E-state index >= 15 is 0 Å². The van der Waals surface area contributed by atoms with Gasteiger partial charge in [0.25, 0.3) is 0 Å². The first-order valence-corrected chi connectivity index (χ1v) is 7.70. The third-order valence-electron chi connectivity index (χ3n) is 4.38. The molecule has 3 heterocycles. The van der Waals surface area contributed by atoms with Gasteiger partial charge in [0.05, 0.1) is 18.6 Å². The Kier molecular flexibility index (Phi) is 4.83. The summed E-state index contributed by atoms with van der Waals surface area (Å²) in [6, 6.07) is 3.99. The van der Waals surface area contributed by atoms with E-state index in [1.165, 1.54) is 0 Å². The first-order valence-electron chi connectivity index (χ1n) is 7.70. The van der Waals surface area contributed by atoms with Crippen molar-refractivity contribution in [1.82, 2.24) is 10.3 Å². The van der Waals surface area contributed by atoms with Gasteiger partial charge in [0, 0.05) is 32.2 Å². The highest BCUT2D eigenvalue weighted by Crippen LogP contribution is 2.30. The second-order valence-corrected chi connectivity index (χ2v) is 5.78. The summed E-state index contributed by atoms with van der Waals surface area (Å²) in [4.78, 5) is 16.6. The summed E-state index contributed by atoms with van der Waals surface area (Å²) in [6.07, 6.45) is 6.38. The molecular weight excluding hydrogens is 268 g/mol. The molecule has 0 saturated carbocycles. The van der Waals surface area contributed by atoms with Gasteiger partial charge in [0.1, 0.15) is 0 Å². The Balaban J connectivity index is 1.73. The van der Waals surface area contributed by atoms with Crippen LogP contribution in [0.3, 0.4) is 0 Å². The van der Waals surface area contributed by atoms with Crippen molar-refractivity contribution in [2.75, 3.05) is 26.4 Å². The van der Waals surface area contributed by atoms with Gasteiger partial charge in [-0.05, 0) is 36.8 Å². The quantitative estimate of drug-likeness (QED) is 0.917. The molecule has 3 rings (SSSR count). The van der Waals surface area contributed by atoms with Crippen LogP contribution in [0.5, 0.6) is 0 Å². The van der Waals surface area contributed by atoms with E-state index in [1.807, 2.05) is 18.3 Å². The molecule has 0 aromatic carbocycles. The maximum atomic E-state index is 12.4. The number of carbonyl (C=O) groups excluding carboxylic acids is 1. The molecule has 0 aliphatic carbocycles. The summed E-state index contributed by atoms with van der Waals surface area (Å²) < 4.78 is 10.8. The van der Waals surface area contributed by atoms with Crippen LogP contribution in [-0.2, 0) is 14.3 Å². The van der Waals surface area contributed by atoms with Crippen LogP contribution in [0.4, 0.5) is 0 Å². The van der Waals surface area contributed by atoms with Gasteiger partial charge in [-0.15, -0.1) is 0 Å². The van der Waals surface area contributed by atoms with Crippen molar-refractivity contribution in [1.29, 1.82) is 0 Å². The van der Waals surface area contributed by atoms with Crippen molar-refractivity contribution in [3.8, 4) is 0 Å². The van der Waals surface area contributed by atoms with Crippen LogP contribution < -0.4 is 5.32 Å². The van der Waals surface area contributed by atoms with Crippen molar-refractivity contribution >= 4 is 5.91 Å². The smallest absolute Gasteiger partial charge is 0.226 e. The standard InChI is InChI=1S/C16H22N2O3/c19-16(14-5-9-21-11-14)18-15(12-3-7-20-8-4-12)13-2-1-6-17-10-13/h1-2,6,10,12,14-15H,3-5,7-9,11H2,(H,18,19). The molecular formula is C16H22N2O3. The van der Waals surface area contributed by atoms with Gasteiger partial charge >= 0.3 is 0 Å². The van der Waals surface area contributed by atoms with Crippen LogP contribution in [0.25, 0.3) is 0 Å². The summed E-state index contributed by atoms with van der Waals surface area (Å²) in [7, 11) is 0. The van der Waals surface area contributed by atoms with E-state index in [0.29, 0.717) is 19.1 Å². The van der Waals surface area contributed by atoms with Crippen LogP contribution in [-0.4, -0.2) is 37.3 Å². The predicted octanol–water partition coefficient (Wildman–Crippen LogP) is 1.70. The highest BCUT2D eigenvalue weighted by atomic mass is 16.5. The molecule has 5 heteroatoms. The Hall–Kier alpha value is -1.46. The van der Waals surface area contributed by atoms with Gasteiger partial charge in [-0.25, -0.2) is 0 Å². The lowest BCUT2D eigenvalue weighted by Crippen LogP contribution is -2.39. The van der Waals surface area contributed by atoms with Gasteiger partial charge in [0.2, 0.25) is 5.91 Å². The van der Waals surface area contributed by atoms with Crippen molar-refractivity contribution in [2.45, 2.75) is 25.3 Å². The fraction of sp³-hybridized carbons (Fsp3) is 0.625. The van der Waals surface area contributed by atoms with Gasteiger partial charge in [0.15, 0.2) is 0 Å². The highest BCUT2D eigenvalue weighted by Gasteiger charge is 2.30. The summed E-state index contributed by atoms with van der Waals surface area (Å²) in [5, 5.41) is 3.23. The SMILES string of the molecule is O=C(NC(c1cccnc1)C1CCOCC1)C1CCOC1. The Bertz CT molecular complexity index is 454. The maximum Gasteiger partial charge on any atom is 0.226 e. The number of pyridine rings is 1. The molecule has 0 bridgehead atoms. The number of amides is 1. The van der Waals surface area contributed by atoms with E-state index in [4.69, 9.17) is 9.47 Å². The molecule has 5 nitrogen and oxygen atoms in total. The Morgan fingerprint density at radius 3 is 2.71 bits per heavy atom. The topological polar surface area (TPSA) is 60.5 Å². The fourth-order valence-corrected chi connectivity index (χ4v) is 3.09. The molecule has 2 aliphatic heterocycles. The third-order valence-corrected chi connectivity index (χ3v) is 4.38. The monoisotopic (exact) mass is 290 g/mol. The minimum absolute atomic E-state index is 0.0102. The average Bonchev–Trinajstić information content (AvgIpc) is 3.09. The van der Waals surface area contributed by atoms with E-state index in [0.717, 1.165) is 38.0 Å². The van der Waals surface area contributed by atoms with Crippen molar-refractivity contribution < 1.29 is 14.3 Å². The number of nitrogens with zero attached hydrogens (tertiary/aromatic N) is 1. The first-order chi connectivity index (χ1) is 10.3. The number of hydrogen-bond acceptors (Lipinski definition) is 4. The Morgan fingerprint density at radius 1 is 1.24 bits per heavy atom. The van der Waals surface area contributed by atoms with Gasteiger partial charge in [-0.3, -0.25) is 9.78 Å². The zero-order valence-electron chi connectivity index (χ0n) is 12.2. The second-order valence-electron chi connectivity index (χ2n) is 5.78. The Labute approximate surface area is 125 Å². The third kappa shape index (κ3) is 3.60. The van der Waals surface area contributed by atoms with Crippen LogP contribution in [0, 0.1) is 11.8 Å². The number of nitrogens with one attached hydrogen (secondary N) is 1.